The van der Waals surface area contributed by atoms with Crippen LogP contribution in [0, 0.1) is 0 Å². The standard InChI is InChI=1S/C12H23O4P/c1-8(2)17(12(3,4)5)9(10(13)15-6)11(14)16-7/h8-9H,1-7H3. The lowest BCUT2D eigenvalue weighted by molar-refractivity contribution is -0.150. The Morgan fingerprint density at radius 2 is 1.35 bits per heavy atom. The molecule has 1 atom stereocenters. The van der Waals surface area contributed by atoms with Gasteiger partial charge in [0.1, 0.15) is 0 Å². The first kappa shape index (κ1) is 16.4. The van der Waals surface area contributed by atoms with Gasteiger partial charge in [0.05, 0.1) is 14.2 Å². The molecule has 0 aromatic rings. The van der Waals surface area contributed by atoms with Gasteiger partial charge in [0.25, 0.3) is 0 Å². The predicted molar refractivity (Wildman–Crippen MR) is 69.6 cm³/mol. The van der Waals surface area contributed by atoms with Crippen molar-refractivity contribution in [1.29, 1.82) is 0 Å². The number of carbonyl (C=O) groups is 2. The molecule has 0 aromatic heterocycles. The second-order valence-corrected chi connectivity index (χ2v) is 8.83. The number of esters is 2. The molecule has 0 amide bonds. The van der Waals surface area contributed by atoms with E-state index in [4.69, 9.17) is 9.47 Å². The molecule has 1 unspecified atom stereocenters. The summed E-state index contributed by atoms with van der Waals surface area (Å²) >= 11 is 0. The van der Waals surface area contributed by atoms with Crippen molar-refractivity contribution >= 4 is 19.9 Å². The molecule has 0 aliphatic carbocycles. The van der Waals surface area contributed by atoms with Crippen LogP contribution >= 0.6 is 7.92 Å². The topological polar surface area (TPSA) is 52.6 Å². The van der Waals surface area contributed by atoms with Crippen molar-refractivity contribution < 1.29 is 19.1 Å². The first-order chi connectivity index (χ1) is 7.66. The van der Waals surface area contributed by atoms with Gasteiger partial charge in [-0.2, -0.15) is 0 Å². The van der Waals surface area contributed by atoms with E-state index in [1.165, 1.54) is 14.2 Å². The molecule has 100 valence electrons. The largest absolute Gasteiger partial charge is 0.468 e. The fraction of sp³-hybridized carbons (Fsp3) is 0.833. The number of hydrogen-bond donors (Lipinski definition) is 0. The smallest absolute Gasteiger partial charge is 0.324 e. The highest BCUT2D eigenvalue weighted by atomic mass is 31.1. The molecule has 0 aliphatic heterocycles. The summed E-state index contributed by atoms with van der Waals surface area (Å²) in [6.07, 6.45) is 0. The Labute approximate surface area is 105 Å². The van der Waals surface area contributed by atoms with Crippen LogP contribution < -0.4 is 0 Å². The van der Waals surface area contributed by atoms with Crippen molar-refractivity contribution in [2.45, 2.75) is 51.1 Å². The Morgan fingerprint density at radius 3 is 1.53 bits per heavy atom. The van der Waals surface area contributed by atoms with Crippen molar-refractivity contribution in [3.8, 4) is 0 Å². The molecule has 0 rings (SSSR count). The first-order valence-corrected chi connectivity index (χ1v) is 7.09. The molecule has 0 saturated heterocycles. The van der Waals surface area contributed by atoms with Crippen LogP contribution in [0.1, 0.15) is 34.6 Å². The van der Waals surface area contributed by atoms with E-state index in [1.807, 2.05) is 34.6 Å². The van der Waals surface area contributed by atoms with Crippen LogP contribution in [0.5, 0.6) is 0 Å². The molecule has 0 spiro atoms. The molecular formula is C12H23O4P. The van der Waals surface area contributed by atoms with Crippen molar-refractivity contribution in [2.75, 3.05) is 14.2 Å². The summed E-state index contributed by atoms with van der Waals surface area (Å²) < 4.78 is 9.48. The van der Waals surface area contributed by atoms with Gasteiger partial charge < -0.3 is 9.47 Å². The molecule has 0 aromatic carbocycles. The Kier molecular flexibility index (Phi) is 6.11. The highest BCUT2D eigenvalue weighted by Crippen LogP contribution is 2.57. The van der Waals surface area contributed by atoms with Crippen LogP contribution in [0.2, 0.25) is 0 Å². The molecule has 0 aliphatic rings. The minimum atomic E-state index is -0.864. The molecule has 4 nitrogen and oxygen atoms in total. The lowest BCUT2D eigenvalue weighted by Gasteiger charge is -2.37. The van der Waals surface area contributed by atoms with Gasteiger partial charge in [0, 0.05) is 0 Å². The zero-order chi connectivity index (χ0) is 13.8. The van der Waals surface area contributed by atoms with Crippen molar-refractivity contribution in [3.63, 3.8) is 0 Å². The van der Waals surface area contributed by atoms with E-state index in [0.717, 1.165) is 0 Å². The van der Waals surface area contributed by atoms with Gasteiger partial charge in [-0.3, -0.25) is 9.59 Å². The maximum absolute atomic E-state index is 11.8. The number of ether oxygens (including phenoxy) is 2. The van der Waals surface area contributed by atoms with Gasteiger partial charge in [0.15, 0.2) is 5.66 Å². The fourth-order valence-corrected chi connectivity index (χ4v) is 5.59. The molecule has 0 fully saturated rings. The Hall–Kier alpha value is -0.630. The third-order valence-corrected chi connectivity index (χ3v) is 6.10. The summed E-state index contributed by atoms with van der Waals surface area (Å²) in [6, 6.07) is 0. The minimum Gasteiger partial charge on any atom is -0.468 e. The summed E-state index contributed by atoms with van der Waals surface area (Å²) in [7, 11) is 1.74. The van der Waals surface area contributed by atoms with E-state index in [1.54, 1.807) is 0 Å². The van der Waals surface area contributed by atoms with Crippen molar-refractivity contribution in [2.24, 2.45) is 0 Å². The summed E-state index contributed by atoms with van der Waals surface area (Å²) in [5, 5.41) is -0.115. The molecular weight excluding hydrogens is 239 g/mol. The molecule has 0 bridgehead atoms. The first-order valence-electron chi connectivity index (χ1n) is 5.61. The third kappa shape index (κ3) is 4.27. The zero-order valence-corrected chi connectivity index (χ0v) is 12.6. The highest BCUT2D eigenvalue weighted by molar-refractivity contribution is 7.62. The molecule has 17 heavy (non-hydrogen) atoms. The Morgan fingerprint density at radius 1 is 1.00 bits per heavy atom. The van der Waals surface area contributed by atoms with E-state index < -0.39 is 25.5 Å². The van der Waals surface area contributed by atoms with Gasteiger partial charge >= 0.3 is 11.9 Å². The van der Waals surface area contributed by atoms with E-state index in [9.17, 15) is 9.59 Å². The van der Waals surface area contributed by atoms with Gasteiger partial charge in [-0.25, -0.2) is 0 Å². The van der Waals surface area contributed by atoms with Crippen molar-refractivity contribution in [1.82, 2.24) is 0 Å². The monoisotopic (exact) mass is 262 g/mol. The van der Waals surface area contributed by atoms with E-state index in [-0.39, 0.29) is 10.8 Å². The second-order valence-electron chi connectivity index (χ2n) is 5.12. The average molecular weight is 262 g/mol. The predicted octanol–water partition coefficient (Wildman–Crippen LogP) is 2.39. The summed E-state index contributed by atoms with van der Waals surface area (Å²) in [6.45, 7) is 10.2. The number of methoxy groups -OCH3 is 2. The SMILES string of the molecule is COC(=O)C(C(=O)OC)P(C(C)C)C(C)(C)C. The second kappa shape index (κ2) is 6.34. The maximum Gasteiger partial charge on any atom is 0.324 e. The molecule has 0 radical (unpaired) electrons. The average Bonchev–Trinajstić information content (AvgIpc) is 2.21. The highest BCUT2D eigenvalue weighted by Gasteiger charge is 2.43. The number of hydrogen-bond acceptors (Lipinski definition) is 4. The van der Waals surface area contributed by atoms with Gasteiger partial charge in [0.2, 0.25) is 0 Å². The molecule has 0 heterocycles. The van der Waals surface area contributed by atoms with Crippen LogP contribution in [-0.4, -0.2) is 42.6 Å². The Bertz CT molecular complexity index is 265. The molecule has 0 N–H and O–H groups in total. The maximum atomic E-state index is 11.8. The zero-order valence-electron chi connectivity index (χ0n) is 11.7. The summed E-state index contributed by atoms with van der Waals surface area (Å²) in [4.78, 5) is 23.6. The van der Waals surface area contributed by atoms with Crippen LogP contribution in [-0.2, 0) is 19.1 Å². The number of rotatable bonds is 4. The van der Waals surface area contributed by atoms with Crippen molar-refractivity contribution in [3.05, 3.63) is 0 Å². The van der Waals surface area contributed by atoms with Gasteiger partial charge in [-0.15, -0.1) is 0 Å². The van der Waals surface area contributed by atoms with E-state index in [2.05, 4.69) is 0 Å². The van der Waals surface area contributed by atoms with Crippen LogP contribution in [0.3, 0.4) is 0 Å². The lowest BCUT2D eigenvalue weighted by Crippen LogP contribution is -2.38. The number of carbonyl (C=O) groups excluding carboxylic acids is 2. The van der Waals surface area contributed by atoms with Crippen LogP contribution in [0.4, 0.5) is 0 Å². The minimum absolute atomic E-state index is 0.115. The Balaban J connectivity index is 5.38. The lowest BCUT2D eigenvalue weighted by atomic mass is 10.2. The quantitative estimate of drug-likeness (QED) is 0.443. The third-order valence-electron chi connectivity index (χ3n) is 2.46. The van der Waals surface area contributed by atoms with Crippen LogP contribution in [0.15, 0.2) is 0 Å². The van der Waals surface area contributed by atoms with Crippen LogP contribution in [0.25, 0.3) is 0 Å². The summed E-state index contributed by atoms with van der Waals surface area (Å²) in [5.41, 5.74) is -0.548. The van der Waals surface area contributed by atoms with Gasteiger partial charge in [-0.1, -0.05) is 42.5 Å². The van der Waals surface area contributed by atoms with Gasteiger partial charge in [-0.05, 0) is 10.8 Å². The van der Waals surface area contributed by atoms with E-state index >= 15 is 0 Å². The van der Waals surface area contributed by atoms with E-state index in [0.29, 0.717) is 0 Å². The molecule has 0 saturated carbocycles. The molecule has 5 heteroatoms. The fourth-order valence-electron chi connectivity index (χ4n) is 2.01. The normalized spacial score (nSPS) is 13.7. The summed E-state index contributed by atoms with van der Waals surface area (Å²) in [5.74, 6) is -0.988.